The number of aryl methyl sites for hydroxylation is 3. The molecule has 0 amide bonds. The van der Waals surface area contributed by atoms with E-state index in [9.17, 15) is 18.4 Å². The maximum absolute atomic E-state index is 10.8. The molecule has 0 atom stereocenters. The van der Waals surface area contributed by atoms with E-state index in [4.69, 9.17) is 14.2 Å². The van der Waals surface area contributed by atoms with Crippen LogP contribution in [0.25, 0.3) is 4.98 Å². The monoisotopic (exact) mass is 604 g/mol. The normalized spacial score (nSPS) is 10.9. The molecule has 0 aliphatic rings. The molecule has 2 aromatic rings. The minimum atomic E-state index is -4.33. The summed E-state index contributed by atoms with van der Waals surface area (Å²) in [7, 11) is -4.33. The van der Waals surface area contributed by atoms with Crippen molar-refractivity contribution in [2.75, 3.05) is 19.8 Å². The molecule has 0 N–H and O–H groups in total. The van der Waals surface area contributed by atoms with Crippen LogP contribution < -0.4 is 14.2 Å². The Morgan fingerprint density at radius 1 is 0.667 bits per heavy atom. The van der Waals surface area contributed by atoms with Gasteiger partial charge in [0.05, 0.1) is 24.7 Å². The summed E-state index contributed by atoms with van der Waals surface area (Å²) in [6.07, 6.45) is 13.6. The van der Waals surface area contributed by atoms with Crippen LogP contribution in [-0.4, -0.2) is 32.8 Å². The van der Waals surface area contributed by atoms with E-state index in [0.717, 1.165) is 37.7 Å². The van der Waals surface area contributed by atoms with Crippen LogP contribution in [0.5, 0.6) is 17.2 Å². The summed E-state index contributed by atoms with van der Waals surface area (Å²) in [6.45, 7) is 13.6. The lowest BCUT2D eigenvalue weighted by atomic mass is 10.1. The minimum Gasteiger partial charge on any atom is -0.744 e. The number of nitrogens with zero attached hydrogens (tertiary/aromatic N) is 2. The van der Waals surface area contributed by atoms with Gasteiger partial charge < -0.3 is 18.8 Å². The van der Waals surface area contributed by atoms with Crippen molar-refractivity contribution in [3.8, 4) is 17.2 Å². The molecular weight excluding hydrogens is 552 g/mol. The number of hydrogen-bond donors (Lipinski definition) is 0. The highest BCUT2D eigenvalue weighted by atomic mass is 32.2. The molecule has 0 saturated carbocycles. The number of ether oxygens (including phenoxy) is 3. The molecule has 0 aliphatic carbocycles. The van der Waals surface area contributed by atoms with E-state index in [1.54, 1.807) is 26.0 Å². The summed E-state index contributed by atoms with van der Waals surface area (Å²) < 4.78 is 50.3. The fourth-order valence-corrected chi connectivity index (χ4v) is 5.57. The van der Waals surface area contributed by atoms with Gasteiger partial charge in [0, 0.05) is 12.1 Å². The molecule has 0 bridgehead atoms. The van der Waals surface area contributed by atoms with E-state index in [2.05, 4.69) is 25.7 Å². The van der Waals surface area contributed by atoms with Gasteiger partial charge in [0.2, 0.25) is 16.9 Å². The summed E-state index contributed by atoms with van der Waals surface area (Å²) in [4.78, 5) is 3.37. The van der Waals surface area contributed by atoms with E-state index in [0.29, 0.717) is 53.9 Å². The second-order valence-corrected chi connectivity index (χ2v) is 12.1. The van der Waals surface area contributed by atoms with Gasteiger partial charge in [-0.2, -0.15) is 0 Å². The maximum Gasteiger partial charge on any atom is 0.467 e. The van der Waals surface area contributed by atoms with Gasteiger partial charge in [-0.05, 0) is 51.2 Å². The summed E-state index contributed by atoms with van der Waals surface area (Å²) >= 11 is 0. The van der Waals surface area contributed by atoms with E-state index in [1.165, 1.54) is 44.9 Å². The molecule has 0 radical (unpaired) electrons. The molecule has 42 heavy (non-hydrogen) atoms. The van der Waals surface area contributed by atoms with Gasteiger partial charge in [-0.15, -0.1) is 0 Å². The first-order valence-electron chi connectivity index (χ1n) is 15.5. The van der Waals surface area contributed by atoms with Crippen molar-refractivity contribution in [3.05, 3.63) is 45.9 Å². The number of benzene rings is 2. The van der Waals surface area contributed by atoms with Crippen molar-refractivity contribution >= 4 is 15.8 Å². The SMILES string of the molecule is CCCCCCOc1cc(OCCCCCC)c([N+]#N)c(OCCCCCC)c1.Cc1cc(C)c(S(=O)(=O)[O-])c(C)c1. The van der Waals surface area contributed by atoms with Gasteiger partial charge in [0.1, 0.15) is 15.9 Å². The predicted molar refractivity (Wildman–Crippen MR) is 169 cm³/mol. The van der Waals surface area contributed by atoms with Gasteiger partial charge in [-0.3, -0.25) is 0 Å². The molecule has 2 aromatic carbocycles. The molecule has 0 heterocycles. The predicted octanol–water partition coefficient (Wildman–Crippen LogP) is 9.56. The Morgan fingerprint density at radius 2 is 1.07 bits per heavy atom. The molecule has 2 rings (SSSR count). The highest BCUT2D eigenvalue weighted by Gasteiger charge is 2.25. The summed E-state index contributed by atoms with van der Waals surface area (Å²) in [5.74, 6) is 1.76. The summed E-state index contributed by atoms with van der Waals surface area (Å²) in [5.41, 5.74) is 2.36. The Hall–Kier alpha value is -2.83. The third-order valence-electron chi connectivity index (χ3n) is 6.75. The fourth-order valence-electron chi connectivity index (χ4n) is 4.66. The molecule has 9 heteroatoms. The summed E-state index contributed by atoms with van der Waals surface area (Å²) in [5, 5.41) is 9.57. The largest absolute Gasteiger partial charge is 0.744 e. The average molecular weight is 605 g/mol. The average Bonchev–Trinajstić information content (AvgIpc) is 2.91. The van der Waals surface area contributed by atoms with Crippen LogP contribution in [0.3, 0.4) is 0 Å². The second kappa shape index (κ2) is 21.0. The topological polar surface area (TPSA) is 113 Å². The van der Waals surface area contributed by atoms with Crippen molar-refractivity contribution < 1.29 is 27.2 Å². The van der Waals surface area contributed by atoms with Gasteiger partial charge in [-0.25, -0.2) is 8.42 Å². The fraction of sp³-hybridized carbons (Fsp3) is 0.636. The Labute approximate surface area is 254 Å². The lowest BCUT2D eigenvalue weighted by Gasteiger charge is -2.14. The molecular formula is C33H52N2O6S. The minimum absolute atomic E-state index is 0.0851. The third kappa shape index (κ3) is 14.4. The van der Waals surface area contributed by atoms with Crippen LogP contribution in [0.2, 0.25) is 0 Å². The quantitative estimate of drug-likeness (QED) is 0.0891. The van der Waals surface area contributed by atoms with Crippen LogP contribution in [0.4, 0.5) is 5.69 Å². The van der Waals surface area contributed by atoms with E-state index in [1.807, 2.05) is 19.1 Å². The molecule has 8 nitrogen and oxygen atoms in total. The Kier molecular flexibility index (Phi) is 18.6. The maximum atomic E-state index is 10.8. The van der Waals surface area contributed by atoms with Crippen molar-refractivity contribution in [1.82, 2.24) is 0 Å². The zero-order valence-electron chi connectivity index (χ0n) is 26.7. The zero-order chi connectivity index (χ0) is 31.4. The first kappa shape index (κ1) is 37.2. The van der Waals surface area contributed by atoms with Crippen LogP contribution >= 0.6 is 0 Å². The second-order valence-electron chi connectivity index (χ2n) is 10.8. The van der Waals surface area contributed by atoms with Crippen LogP contribution in [0.1, 0.15) is 115 Å². The smallest absolute Gasteiger partial charge is 0.467 e. The van der Waals surface area contributed by atoms with Crippen LogP contribution in [0.15, 0.2) is 29.2 Å². The van der Waals surface area contributed by atoms with Crippen molar-refractivity contribution in [1.29, 1.82) is 5.39 Å². The lowest BCUT2D eigenvalue weighted by Crippen LogP contribution is -2.04. The highest BCUT2D eigenvalue weighted by molar-refractivity contribution is 7.85. The Bertz CT molecular complexity index is 1150. The van der Waals surface area contributed by atoms with Crippen LogP contribution in [-0.2, 0) is 10.1 Å². The summed E-state index contributed by atoms with van der Waals surface area (Å²) in [6, 6.07) is 7.02. The number of hydrogen-bond acceptors (Lipinski definition) is 7. The van der Waals surface area contributed by atoms with E-state index < -0.39 is 10.1 Å². The Morgan fingerprint density at radius 3 is 1.43 bits per heavy atom. The molecule has 0 saturated heterocycles. The lowest BCUT2D eigenvalue weighted by molar-refractivity contribution is 0.279. The number of rotatable bonds is 19. The van der Waals surface area contributed by atoms with E-state index in [-0.39, 0.29) is 4.90 Å². The van der Waals surface area contributed by atoms with Gasteiger partial charge in [0.25, 0.3) is 0 Å². The molecule has 0 spiro atoms. The number of diazo groups is 1. The van der Waals surface area contributed by atoms with Gasteiger partial charge >= 0.3 is 5.69 Å². The molecule has 0 aromatic heterocycles. The molecule has 0 unspecified atom stereocenters. The van der Waals surface area contributed by atoms with Crippen LogP contribution in [0, 0.1) is 26.2 Å². The Balaban J connectivity index is 0.000000563. The van der Waals surface area contributed by atoms with Gasteiger partial charge in [0.15, 0.2) is 4.98 Å². The first-order valence-corrected chi connectivity index (χ1v) is 16.9. The number of unbranched alkanes of at least 4 members (excludes halogenated alkanes) is 9. The third-order valence-corrected chi connectivity index (χ3v) is 7.89. The molecule has 0 aliphatic heterocycles. The first-order chi connectivity index (χ1) is 20.1. The molecule has 0 fully saturated rings. The van der Waals surface area contributed by atoms with Crippen molar-refractivity contribution in [2.45, 2.75) is 123 Å². The van der Waals surface area contributed by atoms with E-state index >= 15 is 0 Å². The van der Waals surface area contributed by atoms with Crippen molar-refractivity contribution in [2.24, 2.45) is 0 Å². The highest BCUT2D eigenvalue weighted by Crippen LogP contribution is 2.42. The standard InChI is InChI=1S/C24H41N2O3.C9H12O3S/c1-4-7-10-13-16-27-21-19-22(28-17-14-11-8-5-2)24(26-25)23(20-21)29-18-15-12-9-6-3;1-6-4-7(2)9(8(3)5-6)13(10,11)12/h19-20H,4-18H2,1-3H3;4-5H,1-3H3,(H,10,11,12)/q+1;/p-1. The van der Waals surface area contributed by atoms with Crippen molar-refractivity contribution in [3.63, 3.8) is 0 Å². The zero-order valence-corrected chi connectivity index (χ0v) is 27.5. The van der Waals surface area contributed by atoms with Gasteiger partial charge in [-0.1, -0.05) is 96.3 Å². The molecule has 236 valence electrons.